The molecule has 4 N–H and O–H groups in total. The fourth-order valence-corrected chi connectivity index (χ4v) is 5.91. The van der Waals surface area contributed by atoms with Crippen molar-refractivity contribution in [3.8, 4) is 10.4 Å². The molecular formula is C30H43N5O4S. The number of aliphatic hydroxyl groups is 1. The molecule has 218 valence electrons. The second-order valence-electron chi connectivity index (χ2n) is 12.7. The molecule has 4 rings (SSSR count). The van der Waals surface area contributed by atoms with Gasteiger partial charge in [-0.15, -0.1) is 11.3 Å². The predicted octanol–water partition coefficient (Wildman–Crippen LogP) is 3.01. The van der Waals surface area contributed by atoms with Crippen LogP contribution in [0.5, 0.6) is 0 Å². The van der Waals surface area contributed by atoms with Gasteiger partial charge in [-0.05, 0) is 36.3 Å². The summed E-state index contributed by atoms with van der Waals surface area (Å²) < 4.78 is 0. The van der Waals surface area contributed by atoms with Gasteiger partial charge in [0.05, 0.1) is 27.6 Å². The van der Waals surface area contributed by atoms with Crippen molar-refractivity contribution in [3.05, 3.63) is 41.0 Å². The lowest BCUT2D eigenvalue weighted by molar-refractivity contribution is -0.144. The summed E-state index contributed by atoms with van der Waals surface area (Å²) in [4.78, 5) is 47.3. The third-order valence-electron chi connectivity index (χ3n) is 7.87. The van der Waals surface area contributed by atoms with Crippen molar-refractivity contribution < 1.29 is 19.5 Å². The molecule has 40 heavy (non-hydrogen) atoms. The largest absolute Gasteiger partial charge is 0.391 e. The summed E-state index contributed by atoms with van der Waals surface area (Å²) in [6, 6.07) is 6.59. The average molecular weight is 570 g/mol. The van der Waals surface area contributed by atoms with Crippen LogP contribution < -0.4 is 16.0 Å². The second-order valence-corrected chi connectivity index (χ2v) is 13.5. The van der Waals surface area contributed by atoms with Crippen LogP contribution in [0.25, 0.3) is 10.4 Å². The summed E-state index contributed by atoms with van der Waals surface area (Å²) in [5, 5.41) is 19.8. The van der Waals surface area contributed by atoms with Crippen LogP contribution in [0.15, 0.2) is 29.8 Å². The maximum Gasteiger partial charge on any atom is 0.246 e. The summed E-state index contributed by atoms with van der Waals surface area (Å²) in [5.74, 6) is -0.785. The first kappa shape index (κ1) is 30.1. The highest BCUT2D eigenvalue weighted by atomic mass is 32.1. The molecule has 9 nitrogen and oxygen atoms in total. The van der Waals surface area contributed by atoms with Gasteiger partial charge in [0.15, 0.2) is 0 Å². The van der Waals surface area contributed by atoms with E-state index in [0.29, 0.717) is 13.1 Å². The number of nitrogens with one attached hydrogen (secondary N) is 3. The highest BCUT2D eigenvalue weighted by molar-refractivity contribution is 7.13. The van der Waals surface area contributed by atoms with Gasteiger partial charge in [-0.3, -0.25) is 14.4 Å². The Labute approximate surface area is 241 Å². The number of nitrogens with zero attached hydrogens (tertiary/aromatic N) is 2. The zero-order valence-electron chi connectivity index (χ0n) is 24.4. The van der Waals surface area contributed by atoms with Crippen molar-refractivity contribution in [1.29, 1.82) is 0 Å². The van der Waals surface area contributed by atoms with E-state index in [9.17, 15) is 19.5 Å². The first-order valence-electron chi connectivity index (χ1n) is 14.1. The first-order chi connectivity index (χ1) is 18.8. The Kier molecular flexibility index (Phi) is 9.02. The Bertz CT molecular complexity index is 1220. The van der Waals surface area contributed by atoms with Gasteiger partial charge < -0.3 is 26.0 Å². The SMILES string of the molecule is Cc1ncsc1-c1ccc(CNC(=O)C2CC(O)CN2C(=O)C(NC(=O)C2(CNC(C)C)CC2)C(C)(C)C)cc1. The summed E-state index contributed by atoms with van der Waals surface area (Å²) in [7, 11) is 0. The maximum absolute atomic E-state index is 13.9. The Morgan fingerprint density at radius 3 is 2.40 bits per heavy atom. The van der Waals surface area contributed by atoms with E-state index in [1.165, 1.54) is 4.90 Å². The van der Waals surface area contributed by atoms with Crippen molar-refractivity contribution in [2.24, 2.45) is 10.8 Å². The minimum Gasteiger partial charge on any atom is -0.391 e. The van der Waals surface area contributed by atoms with Gasteiger partial charge in [0.2, 0.25) is 17.7 Å². The second kappa shape index (κ2) is 12.0. The van der Waals surface area contributed by atoms with Crippen molar-refractivity contribution in [2.45, 2.75) is 91.6 Å². The number of thiazole rings is 1. The van der Waals surface area contributed by atoms with Crippen molar-refractivity contribution >= 4 is 29.1 Å². The number of carbonyl (C=O) groups is 3. The summed E-state index contributed by atoms with van der Waals surface area (Å²) in [5.41, 5.74) is 3.74. The van der Waals surface area contributed by atoms with Crippen LogP contribution in [-0.4, -0.2) is 70.0 Å². The first-order valence-corrected chi connectivity index (χ1v) is 15.0. The van der Waals surface area contributed by atoms with E-state index in [4.69, 9.17) is 0 Å². The van der Waals surface area contributed by atoms with Crippen molar-refractivity contribution in [2.75, 3.05) is 13.1 Å². The summed E-state index contributed by atoms with van der Waals surface area (Å²) in [6.07, 6.45) is 0.917. The molecule has 0 spiro atoms. The number of benzene rings is 1. The van der Waals surface area contributed by atoms with E-state index in [-0.39, 0.29) is 36.7 Å². The predicted molar refractivity (Wildman–Crippen MR) is 156 cm³/mol. The molecule has 1 aliphatic heterocycles. The number of β-amino-alcohol motifs (C(OH)–C–C–N with tert-alkyl or cyclic N) is 1. The van der Waals surface area contributed by atoms with E-state index in [1.807, 2.05) is 71.3 Å². The number of likely N-dealkylation sites (tertiary alicyclic amines) is 1. The number of hydrogen-bond donors (Lipinski definition) is 4. The lowest BCUT2D eigenvalue weighted by atomic mass is 9.85. The Morgan fingerprint density at radius 1 is 1.18 bits per heavy atom. The third-order valence-corrected chi connectivity index (χ3v) is 8.84. The fraction of sp³-hybridized carbons (Fsp3) is 0.600. The Morgan fingerprint density at radius 2 is 1.85 bits per heavy atom. The van der Waals surface area contributed by atoms with Crippen molar-refractivity contribution in [1.82, 2.24) is 25.8 Å². The van der Waals surface area contributed by atoms with Gasteiger partial charge in [0.25, 0.3) is 0 Å². The highest BCUT2D eigenvalue weighted by Gasteiger charge is 2.52. The Hall–Kier alpha value is -2.82. The van der Waals surface area contributed by atoms with E-state index < -0.39 is 29.0 Å². The summed E-state index contributed by atoms with van der Waals surface area (Å²) in [6.45, 7) is 12.7. The van der Waals surface area contributed by atoms with Crippen LogP contribution in [0.1, 0.15) is 65.1 Å². The number of aromatic nitrogens is 1. The van der Waals surface area contributed by atoms with Gasteiger partial charge in [-0.1, -0.05) is 58.9 Å². The molecule has 1 saturated heterocycles. The molecule has 1 aromatic heterocycles. The van der Waals surface area contributed by atoms with Gasteiger partial charge in [-0.25, -0.2) is 4.98 Å². The molecular weight excluding hydrogens is 526 g/mol. The van der Waals surface area contributed by atoms with E-state index >= 15 is 0 Å². The van der Waals surface area contributed by atoms with Crippen LogP contribution in [0.2, 0.25) is 0 Å². The molecule has 1 aliphatic carbocycles. The minimum absolute atomic E-state index is 0.0579. The molecule has 2 heterocycles. The molecule has 2 aromatic rings. The number of aliphatic hydroxyl groups excluding tert-OH is 1. The molecule has 0 radical (unpaired) electrons. The normalized spacial score (nSPS) is 20.9. The maximum atomic E-state index is 13.9. The van der Waals surface area contributed by atoms with Gasteiger partial charge >= 0.3 is 0 Å². The monoisotopic (exact) mass is 569 g/mol. The molecule has 3 atom stereocenters. The van der Waals surface area contributed by atoms with E-state index in [0.717, 1.165) is 34.5 Å². The van der Waals surface area contributed by atoms with Gasteiger partial charge in [0.1, 0.15) is 12.1 Å². The number of rotatable bonds is 10. The molecule has 1 saturated carbocycles. The smallest absolute Gasteiger partial charge is 0.246 e. The van der Waals surface area contributed by atoms with E-state index in [2.05, 4.69) is 20.9 Å². The van der Waals surface area contributed by atoms with Gasteiger partial charge in [0, 0.05) is 32.1 Å². The van der Waals surface area contributed by atoms with E-state index in [1.54, 1.807) is 11.3 Å². The molecule has 2 aliphatic rings. The number of hydrogen-bond acceptors (Lipinski definition) is 7. The lowest BCUT2D eigenvalue weighted by Crippen LogP contribution is -2.59. The molecule has 10 heteroatoms. The lowest BCUT2D eigenvalue weighted by Gasteiger charge is -2.36. The molecule has 2 fully saturated rings. The van der Waals surface area contributed by atoms with Crippen LogP contribution in [0.3, 0.4) is 0 Å². The molecule has 3 unspecified atom stereocenters. The zero-order chi connectivity index (χ0) is 29.2. The van der Waals surface area contributed by atoms with Crippen molar-refractivity contribution in [3.63, 3.8) is 0 Å². The third kappa shape index (κ3) is 6.90. The minimum atomic E-state index is -0.820. The fourth-order valence-electron chi connectivity index (χ4n) is 5.10. The number of aryl methyl sites for hydroxylation is 1. The van der Waals surface area contributed by atoms with Crippen LogP contribution in [-0.2, 0) is 20.9 Å². The summed E-state index contributed by atoms with van der Waals surface area (Å²) >= 11 is 1.59. The topological polar surface area (TPSA) is 124 Å². The zero-order valence-corrected chi connectivity index (χ0v) is 25.2. The van der Waals surface area contributed by atoms with Crippen LogP contribution >= 0.6 is 11.3 Å². The van der Waals surface area contributed by atoms with Gasteiger partial charge in [-0.2, -0.15) is 0 Å². The number of carbonyl (C=O) groups excluding carboxylic acids is 3. The highest BCUT2D eigenvalue weighted by Crippen LogP contribution is 2.45. The molecule has 0 bridgehead atoms. The number of amides is 3. The quantitative estimate of drug-likeness (QED) is 0.349. The van der Waals surface area contributed by atoms with Crippen LogP contribution in [0.4, 0.5) is 0 Å². The molecule has 1 aromatic carbocycles. The van der Waals surface area contributed by atoms with Crippen LogP contribution in [0, 0.1) is 17.8 Å². The Balaban J connectivity index is 1.41. The average Bonchev–Trinajstić information content (AvgIpc) is 3.42. The standard InChI is InChI=1S/C30H43N5O4S/c1-18(2)32-16-30(11-12-30)28(39)34-25(29(4,5)6)27(38)35-15-22(36)13-23(35)26(37)31-14-20-7-9-21(10-8-20)24-19(3)33-17-40-24/h7-10,17-18,22-23,25,32,36H,11-16H2,1-6H3,(H,31,37)(H,34,39). The molecule has 3 amide bonds.